The quantitative estimate of drug-likeness (QED) is 0.797. The van der Waals surface area contributed by atoms with Crippen molar-refractivity contribution in [3.63, 3.8) is 0 Å². The third-order valence-electron chi connectivity index (χ3n) is 5.93. The van der Waals surface area contributed by atoms with E-state index in [4.69, 9.17) is 0 Å². The van der Waals surface area contributed by atoms with E-state index >= 15 is 0 Å². The zero-order valence-electron chi connectivity index (χ0n) is 17.1. The molecule has 1 amide bonds. The molecule has 1 heterocycles. The Balaban J connectivity index is 1.40. The SMILES string of the molecule is CN(C)CC(=O)Nc1ccc(N2CCN(CCC3CCCCC3)CC2)cc1. The van der Waals surface area contributed by atoms with Gasteiger partial charge in [-0.25, -0.2) is 0 Å². The zero-order chi connectivity index (χ0) is 19.1. The summed E-state index contributed by atoms with van der Waals surface area (Å²) in [5.41, 5.74) is 2.13. The summed E-state index contributed by atoms with van der Waals surface area (Å²) in [5, 5.41) is 2.95. The molecule has 150 valence electrons. The van der Waals surface area contributed by atoms with Crippen LogP contribution >= 0.6 is 0 Å². The summed E-state index contributed by atoms with van der Waals surface area (Å²) < 4.78 is 0. The van der Waals surface area contributed by atoms with E-state index in [0.717, 1.165) is 37.8 Å². The van der Waals surface area contributed by atoms with Crippen molar-refractivity contribution >= 4 is 17.3 Å². The molecule has 0 bridgehead atoms. The van der Waals surface area contributed by atoms with Gasteiger partial charge >= 0.3 is 0 Å². The van der Waals surface area contributed by atoms with Crippen LogP contribution in [0.5, 0.6) is 0 Å². The summed E-state index contributed by atoms with van der Waals surface area (Å²) in [7, 11) is 3.80. The van der Waals surface area contributed by atoms with E-state index in [0.29, 0.717) is 6.54 Å². The van der Waals surface area contributed by atoms with Crippen LogP contribution in [-0.2, 0) is 4.79 Å². The first-order valence-electron chi connectivity index (χ1n) is 10.6. The third kappa shape index (κ3) is 6.51. The van der Waals surface area contributed by atoms with Gasteiger partial charge < -0.3 is 15.1 Å². The molecular weight excluding hydrogens is 336 g/mol. The van der Waals surface area contributed by atoms with Crippen molar-refractivity contribution in [3.8, 4) is 0 Å². The van der Waals surface area contributed by atoms with Crippen molar-refractivity contribution in [1.29, 1.82) is 0 Å². The van der Waals surface area contributed by atoms with Crippen LogP contribution in [0.2, 0.25) is 0 Å². The topological polar surface area (TPSA) is 38.8 Å². The number of amides is 1. The summed E-state index contributed by atoms with van der Waals surface area (Å²) in [6.07, 6.45) is 8.65. The van der Waals surface area contributed by atoms with Gasteiger partial charge in [0.1, 0.15) is 0 Å². The molecule has 1 aliphatic heterocycles. The summed E-state index contributed by atoms with van der Waals surface area (Å²) in [6, 6.07) is 8.28. The van der Waals surface area contributed by atoms with Gasteiger partial charge in [0, 0.05) is 37.6 Å². The highest BCUT2D eigenvalue weighted by atomic mass is 16.2. The third-order valence-corrected chi connectivity index (χ3v) is 5.93. The average molecular weight is 373 g/mol. The maximum atomic E-state index is 11.9. The van der Waals surface area contributed by atoms with Crippen molar-refractivity contribution in [2.75, 3.05) is 63.6 Å². The lowest BCUT2D eigenvalue weighted by atomic mass is 9.87. The number of piperazine rings is 1. The fraction of sp³-hybridized carbons (Fsp3) is 0.682. The van der Waals surface area contributed by atoms with Gasteiger partial charge in [0.15, 0.2) is 0 Å². The molecule has 1 aliphatic carbocycles. The predicted molar refractivity (Wildman–Crippen MR) is 113 cm³/mol. The summed E-state index contributed by atoms with van der Waals surface area (Å²) in [4.78, 5) is 18.8. The fourth-order valence-electron chi connectivity index (χ4n) is 4.31. The van der Waals surface area contributed by atoms with E-state index in [1.807, 2.05) is 31.1 Å². The summed E-state index contributed by atoms with van der Waals surface area (Å²) in [5.74, 6) is 1.01. The van der Waals surface area contributed by atoms with E-state index in [9.17, 15) is 4.79 Å². The second-order valence-corrected chi connectivity index (χ2v) is 8.45. The molecule has 1 aromatic carbocycles. The molecule has 5 nitrogen and oxygen atoms in total. The molecule has 27 heavy (non-hydrogen) atoms. The molecule has 1 N–H and O–H groups in total. The molecule has 0 aromatic heterocycles. The van der Waals surface area contributed by atoms with E-state index in [1.54, 1.807) is 0 Å². The molecule has 1 saturated carbocycles. The van der Waals surface area contributed by atoms with E-state index in [1.165, 1.54) is 50.8 Å². The average Bonchev–Trinajstić information content (AvgIpc) is 2.68. The molecule has 1 saturated heterocycles. The minimum absolute atomic E-state index is 0.0272. The molecule has 0 radical (unpaired) electrons. The Hall–Kier alpha value is -1.59. The minimum Gasteiger partial charge on any atom is -0.369 e. The van der Waals surface area contributed by atoms with Gasteiger partial charge in [0.05, 0.1) is 6.54 Å². The number of nitrogens with one attached hydrogen (secondary N) is 1. The number of likely N-dealkylation sites (N-methyl/N-ethyl adjacent to an activating group) is 1. The normalized spacial score (nSPS) is 19.4. The van der Waals surface area contributed by atoms with Crippen LogP contribution in [-0.4, -0.2) is 69.1 Å². The number of benzene rings is 1. The van der Waals surface area contributed by atoms with Gasteiger partial charge in [-0.1, -0.05) is 32.1 Å². The fourth-order valence-corrected chi connectivity index (χ4v) is 4.31. The maximum Gasteiger partial charge on any atom is 0.238 e. The van der Waals surface area contributed by atoms with Crippen LogP contribution in [0, 0.1) is 5.92 Å². The van der Waals surface area contributed by atoms with Gasteiger partial charge in [0.2, 0.25) is 5.91 Å². The summed E-state index contributed by atoms with van der Waals surface area (Å²) in [6.45, 7) is 6.19. The second kappa shape index (κ2) is 10.1. The van der Waals surface area contributed by atoms with Crippen molar-refractivity contribution in [3.05, 3.63) is 24.3 Å². The Morgan fingerprint density at radius 3 is 2.33 bits per heavy atom. The number of carbonyl (C=O) groups excluding carboxylic acids is 1. The molecule has 2 fully saturated rings. The van der Waals surface area contributed by atoms with Crippen LogP contribution < -0.4 is 10.2 Å². The van der Waals surface area contributed by atoms with Crippen LogP contribution in [0.1, 0.15) is 38.5 Å². The first-order valence-corrected chi connectivity index (χ1v) is 10.6. The predicted octanol–water partition coefficient (Wildman–Crippen LogP) is 3.28. The van der Waals surface area contributed by atoms with Crippen molar-refractivity contribution in [2.45, 2.75) is 38.5 Å². The molecule has 0 spiro atoms. The minimum atomic E-state index is 0.0272. The first-order chi connectivity index (χ1) is 13.1. The highest BCUT2D eigenvalue weighted by Gasteiger charge is 2.19. The highest BCUT2D eigenvalue weighted by molar-refractivity contribution is 5.92. The molecular formula is C22H36N4O. The van der Waals surface area contributed by atoms with Gasteiger partial charge in [-0.2, -0.15) is 0 Å². The molecule has 3 rings (SSSR count). The van der Waals surface area contributed by atoms with Gasteiger partial charge in [-0.05, 0) is 57.2 Å². The van der Waals surface area contributed by atoms with Gasteiger partial charge in [0.25, 0.3) is 0 Å². The Morgan fingerprint density at radius 2 is 1.70 bits per heavy atom. The largest absolute Gasteiger partial charge is 0.369 e. The van der Waals surface area contributed by atoms with Gasteiger partial charge in [-0.3, -0.25) is 9.69 Å². The zero-order valence-corrected chi connectivity index (χ0v) is 17.1. The molecule has 1 aromatic rings. The van der Waals surface area contributed by atoms with E-state index in [2.05, 4.69) is 27.2 Å². The number of hydrogen-bond donors (Lipinski definition) is 1. The number of carbonyl (C=O) groups is 1. The molecule has 2 aliphatic rings. The van der Waals surface area contributed by atoms with Gasteiger partial charge in [-0.15, -0.1) is 0 Å². The monoisotopic (exact) mass is 372 g/mol. The number of hydrogen-bond acceptors (Lipinski definition) is 4. The Bertz CT molecular complexity index is 572. The number of rotatable bonds is 7. The van der Waals surface area contributed by atoms with E-state index < -0.39 is 0 Å². The van der Waals surface area contributed by atoms with Crippen molar-refractivity contribution in [2.24, 2.45) is 5.92 Å². The lowest BCUT2D eigenvalue weighted by Crippen LogP contribution is -2.46. The van der Waals surface area contributed by atoms with Crippen molar-refractivity contribution in [1.82, 2.24) is 9.80 Å². The van der Waals surface area contributed by atoms with Crippen LogP contribution in [0.15, 0.2) is 24.3 Å². The highest BCUT2D eigenvalue weighted by Crippen LogP contribution is 2.27. The molecule has 0 unspecified atom stereocenters. The first kappa shape index (κ1) is 20.2. The lowest BCUT2D eigenvalue weighted by molar-refractivity contribution is -0.116. The Labute approximate surface area is 164 Å². The van der Waals surface area contributed by atoms with Crippen LogP contribution in [0.3, 0.4) is 0 Å². The lowest BCUT2D eigenvalue weighted by Gasteiger charge is -2.37. The summed E-state index contributed by atoms with van der Waals surface area (Å²) >= 11 is 0. The Morgan fingerprint density at radius 1 is 1.04 bits per heavy atom. The van der Waals surface area contributed by atoms with Crippen LogP contribution in [0.25, 0.3) is 0 Å². The number of nitrogens with zero attached hydrogens (tertiary/aromatic N) is 3. The maximum absolute atomic E-state index is 11.9. The standard InChI is InChI=1S/C22H36N4O/c1-24(2)18-22(27)23-20-8-10-21(11-9-20)26-16-14-25(15-17-26)13-12-19-6-4-3-5-7-19/h8-11,19H,3-7,12-18H2,1-2H3,(H,23,27). The van der Waals surface area contributed by atoms with Crippen LogP contribution in [0.4, 0.5) is 11.4 Å². The number of anilines is 2. The smallest absolute Gasteiger partial charge is 0.238 e. The molecule has 5 heteroatoms. The van der Waals surface area contributed by atoms with E-state index in [-0.39, 0.29) is 5.91 Å². The van der Waals surface area contributed by atoms with Crippen molar-refractivity contribution < 1.29 is 4.79 Å². The Kier molecular flexibility index (Phi) is 7.53. The molecule has 0 atom stereocenters. The second-order valence-electron chi connectivity index (χ2n) is 8.45.